The molecule has 0 aliphatic heterocycles. The summed E-state index contributed by atoms with van der Waals surface area (Å²) >= 11 is 0. The zero-order chi connectivity index (χ0) is 9.97. The van der Waals surface area contributed by atoms with Gasteiger partial charge in [-0.05, 0) is 6.92 Å². The Balaban J connectivity index is 2.47. The first kappa shape index (κ1) is 8.61. The van der Waals surface area contributed by atoms with Gasteiger partial charge in [0.25, 0.3) is 0 Å². The Labute approximate surface area is 79.3 Å². The predicted octanol–water partition coefficient (Wildman–Crippen LogP) is 0.530. The molecule has 0 amide bonds. The first-order chi connectivity index (χ1) is 6.83. The highest BCUT2D eigenvalue weighted by molar-refractivity contribution is 6.00. The molecule has 2 aromatic rings. The molecule has 14 heavy (non-hydrogen) atoms. The first-order valence-electron chi connectivity index (χ1n) is 4.14. The van der Waals surface area contributed by atoms with E-state index in [9.17, 15) is 4.79 Å². The quantitative estimate of drug-likeness (QED) is 0.702. The summed E-state index contributed by atoms with van der Waals surface area (Å²) in [5.41, 5.74) is 0.755. The molecule has 2 heterocycles. The van der Waals surface area contributed by atoms with Gasteiger partial charge in [0.2, 0.25) is 0 Å². The fraction of sp³-hybridized carbons (Fsp3) is 0.250. The van der Waals surface area contributed by atoms with Gasteiger partial charge in [-0.2, -0.15) is 5.10 Å². The highest BCUT2D eigenvalue weighted by atomic mass is 16.5. The van der Waals surface area contributed by atoms with Crippen LogP contribution in [0.2, 0.25) is 0 Å². The van der Waals surface area contributed by atoms with E-state index in [2.05, 4.69) is 20.2 Å². The maximum atomic E-state index is 11.4. The van der Waals surface area contributed by atoms with Crippen molar-refractivity contribution in [1.82, 2.24) is 20.2 Å². The Bertz CT molecular complexity index is 465. The van der Waals surface area contributed by atoms with E-state index in [0.717, 1.165) is 0 Å². The van der Waals surface area contributed by atoms with Gasteiger partial charge in [-0.15, -0.1) is 0 Å². The number of nitrogens with one attached hydrogen (secondary N) is 1. The van der Waals surface area contributed by atoms with Crippen molar-refractivity contribution in [2.45, 2.75) is 6.92 Å². The van der Waals surface area contributed by atoms with Gasteiger partial charge in [0.1, 0.15) is 6.33 Å². The van der Waals surface area contributed by atoms with E-state index in [4.69, 9.17) is 4.74 Å². The zero-order valence-electron chi connectivity index (χ0n) is 7.52. The van der Waals surface area contributed by atoms with E-state index in [1.165, 1.54) is 12.5 Å². The third-order valence-corrected chi connectivity index (χ3v) is 1.71. The summed E-state index contributed by atoms with van der Waals surface area (Å²) in [5.74, 6) is -0.464. The summed E-state index contributed by atoms with van der Waals surface area (Å²) in [5, 5.41) is 7.01. The van der Waals surface area contributed by atoms with Crippen LogP contribution < -0.4 is 0 Å². The molecule has 0 aromatic carbocycles. The number of hydrogen-bond acceptors (Lipinski definition) is 5. The lowest BCUT2D eigenvalue weighted by molar-refractivity contribution is 0.0521. The number of esters is 1. The summed E-state index contributed by atoms with van der Waals surface area (Å²) in [4.78, 5) is 19.1. The molecule has 0 spiro atoms. The fourth-order valence-corrected chi connectivity index (χ4v) is 1.12. The van der Waals surface area contributed by atoms with Crippen LogP contribution in [0.4, 0.5) is 0 Å². The van der Waals surface area contributed by atoms with E-state index in [-0.39, 0.29) is 5.69 Å². The van der Waals surface area contributed by atoms with Crippen LogP contribution in [0.15, 0.2) is 12.5 Å². The van der Waals surface area contributed by atoms with Gasteiger partial charge in [-0.25, -0.2) is 14.8 Å². The molecule has 6 nitrogen and oxygen atoms in total. The summed E-state index contributed by atoms with van der Waals surface area (Å²) in [7, 11) is 0. The van der Waals surface area contributed by atoms with Gasteiger partial charge in [0.05, 0.1) is 12.0 Å². The molecule has 0 saturated carbocycles. The van der Waals surface area contributed by atoms with Crippen LogP contribution in [-0.4, -0.2) is 32.7 Å². The number of hydrogen-bond donors (Lipinski definition) is 1. The first-order valence-corrected chi connectivity index (χ1v) is 4.14. The van der Waals surface area contributed by atoms with Gasteiger partial charge in [0, 0.05) is 6.20 Å². The highest BCUT2D eigenvalue weighted by Crippen LogP contribution is 2.12. The molecule has 2 rings (SSSR count). The molecule has 0 unspecified atom stereocenters. The van der Waals surface area contributed by atoms with Crippen molar-refractivity contribution >= 4 is 17.0 Å². The minimum atomic E-state index is -0.464. The predicted molar refractivity (Wildman–Crippen MR) is 47.6 cm³/mol. The zero-order valence-corrected chi connectivity index (χ0v) is 7.52. The molecule has 0 bridgehead atoms. The van der Waals surface area contributed by atoms with Gasteiger partial charge < -0.3 is 4.74 Å². The second-order valence-corrected chi connectivity index (χ2v) is 2.58. The van der Waals surface area contributed by atoms with Crippen molar-refractivity contribution in [3.8, 4) is 0 Å². The molecule has 0 saturated heterocycles. The van der Waals surface area contributed by atoms with E-state index in [1.807, 2.05) is 0 Å². The van der Waals surface area contributed by atoms with Crippen LogP contribution in [0.3, 0.4) is 0 Å². The minimum absolute atomic E-state index is 0.224. The number of H-pyrrole nitrogens is 1. The molecule has 0 atom stereocenters. The third kappa shape index (κ3) is 1.30. The van der Waals surface area contributed by atoms with E-state index in [1.54, 1.807) is 6.92 Å². The second kappa shape index (κ2) is 3.41. The lowest BCUT2D eigenvalue weighted by Gasteiger charge is -1.96. The van der Waals surface area contributed by atoms with E-state index in [0.29, 0.717) is 17.6 Å². The number of aromatic amines is 1. The van der Waals surface area contributed by atoms with Crippen LogP contribution >= 0.6 is 0 Å². The van der Waals surface area contributed by atoms with Crippen molar-refractivity contribution in [3.05, 3.63) is 18.2 Å². The van der Waals surface area contributed by atoms with Gasteiger partial charge in [-0.3, -0.25) is 5.10 Å². The number of aromatic nitrogens is 4. The second-order valence-electron chi connectivity index (χ2n) is 2.58. The molecule has 1 N–H and O–H groups in total. The molecule has 72 valence electrons. The standard InChI is InChI=1S/C8H8N4O2/c1-2-14-8(13)6-5-3-9-4-10-7(5)12-11-6/h3-4H,2H2,1H3,(H,9,10,11,12). The molecular weight excluding hydrogens is 184 g/mol. The van der Waals surface area contributed by atoms with Crippen molar-refractivity contribution < 1.29 is 9.53 Å². The number of rotatable bonds is 2. The Morgan fingerprint density at radius 3 is 3.29 bits per heavy atom. The third-order valence-electron chi connectivity index (χ3n) is 1.71. The monoisotopic (exact) mass is 192 g/mol. The largest absolute Gasteiger partial charge is 0.461 e. The smallest absolute Gasteiger partial charge is 0.359 e. The Morgan fingerprint density at radius 2 is 2.50 bits per heavy atom. The maximum Gasteiger partial charge on any atom is 0.359 e. The molecule has 6 heteroatoms. The van der Waals surface area contributed by atoms with Gasteiger partial charge in [-0.1, -0.05) is 0 Å². The summed E-state index contributed by atoms with van der Waals surface area (Å²) in [6, 6.07) is 0. The minimum Gasteiger partial charge on any atom is -0.461 e. The molecular formula is C8H8N4O2. The summed E-state index contributed by atoms with van der Waals surface area (Å²) in [6.07, 6.45) is 2.91. The van der Waals surface area contributed by atoms with E-state index < -0.39 is 5.97 Å². The van der Waals surface area contributed by atoms with E-state index >= 15 is 0 Å². The number of carbonyl (C=O) groups is 1. The molecule has 0 radical (unpaired) electrons. The van der Waals surface area contributed by atoms with Gasteiger partial charge in [0.15, 0.2) is 11.3 Å². The van der Waals surface area contributed by atoms with Gasteiger partial charge >= 0.3 is 5.97 Å². The Hall–Kier alpha value is -1.98. The van der Waals surface area contributed by atoms with Crippen LogP contribution in [0, 0.1) is 0 Å². The van der Waals surface area contributed by atoms with Crippen molar-refractivity contribution in [1.29, 1.82) is 0 Å². The molecule has 2 aromatic heterocycles. The van der Waals surface area contributed by atoms with Crippen molar-refractivity contribution in [2.75, 3.05) is 6.61 Å². The Morgan fingerprint density at radius 1 is 1.64 bits per heavy atom. The number of fused-ring (bicyclic) bond motifs is 1. The number of nitrogens with zero attached hydrogens (tertiary/aromatic N) is 3. The van der Waals surface area contributed by atoms with Crippen LogP contribution in [0.25, 0.3) is 11.0 Å². The molecule has 0 fully saturated rings. The average Bonchev–Trinajstić information content (AvgIpc) is 2.61. The lowest BCUT2D eigenvalue weighted by atomic mass is 10.3. The average molecular weight is 192 g/mol. The van der Waals surface area contributed by atoms with Crippen LogP contribution in [-0.2, 0) is 4.74 Å². The molecule has 0 aliphatic rings. The topological polar surface area (TPSA) is 80.8 Å². The van der Waals surface area contributed by atoms with Crippen LogP contribution in [0.5, 0.6) is 0 Å². The number of ether oxygens (including phenoxy) is 1. The number of carbonyl (C=O) groups excluding carboxylic acids is 1. The SMILES string of the molecule is CCOC(=O)c1n[nH]c2ncncc12. The maximum absolute atomic E-state index is 11.4. The molecule has 0 aliphatic carbocycles. The Kier molecular flexibility index (Phi) is 2.10. The fourth-order valence-electron chi connectivity index (χ4n) is 1.12. The summed E-state index contributed by atoms with van der Waals surface area (Å²) in [6.45, 7) is 2.06. The lowest BCUT2D eigenvalue weighted by Crippen LogP contribution is -2.05. The normalized spacial score (nSPS) is 10.4. The van der Waals surface area contributed by atoms with Crippen LogP contribution in [0.1, 0.15) is 17.4 Å². The van der Waals surface area contributed by atoms with Crippen molar-refractivity contribution in [2.24, 2.45) is 0 Å². The van der Waals surface area contributed by atoms with Crippen molar-refractivity contribution in [3.63, 3.8) is 0 Å². The highest BCUT2D eigenvalue weighted by Gasteiger charge is 2.15. The summed E-state index contributed by atoms with van der Waals surface area (Å²) < 4.78 is 4.82.